The third-order valence-corrected chi connectivity index (χ3v) is 4.29. The van der Waals surface area contributed by atoms with E-state index in [0.29, 0.717) is 17.9 Å². The van der Waals surface area contributed by atoms with Crippen molar-refractivity contribution in [3.05, 3.63) is 89.9 Å². The monoisotopic (exact) mass is 379 g/mol. The topological polar surface area (TPSA) is 54.5 Å². The summed E-state index contributed by atoms with van der Waals surface area (Å²) in [5.74, 6) is 0.225. The average molecular weight is 379 g/mol. The molecule has 0 aliphatic rings. The Hall–Kier alpha value is -3.25. The molecular formula is C22H22FN3O2. The van der Waals surface area contributed by atoms with Crippen LogP contribution in [0.4, 0.5) is 4.39 Å². The van der Waals surface area contributed by atoms with E-state index in [0.717, 1.165) is 5.56 Å². The SMILES string of the molecule is CN(C)[C@H](CNC(=O)c1cccnc1Oc1ccccc1)c1cccc(F)c1. The molecule has 3 rings (SSSR count). The summed E-state index contributed by atoms with van der Waals surface area (Å²) in [4.78, 5) is 18.9. The molecule has 1 aromatic heterocycles. The number of hydrogen-bond acceptors (Lipinski definition) is 4. The molecule has 0 fully saturated rings. The summed E-state index contributed by atoms with van der Waals surface area (Å²) in [5.41, 5.74) is 1.13. The molecule has 0 aliphatic heterocycles. The van der Waals surface area contributed by atoms with Crippen molar-refractivity contribution in [2.45, 2.75) is 6.04 Å². The molecular weight excluding hydrogens is 357 g/mol. The third kappa shape index (κ3) is 4.92. The zero-order valence-electron chi connectivity index (χ0n) is 15.8. The van der Waals surface area contributed by atoms with Gasteiger partial charge >= 0.3 is 0 Å². The maximum Gasteiger partial charge on any atom is 0.256 e. The van der Waals surface area contributed by atoms with E-state index in [-0.39, 0.29) is 23.6 Å². The molecule has 1 heterocycles. The lowest BCUT2D eigenvalue weighted by atomic mass is 10.1. The highest BCUT2D eigenvalue weighted by atomic mass is 19.1. The number of ether oxygens (including phenoxy) is 1. The van der Waals surface area contributed by atoms with Gasteiger partial charge in [-0.15, -0.1) is 0 Å². The van der Waals surface area contributed by atoms with Gasteiger partial charge in [0, 0.05) is 12.7 Å². The van der Waals surface area contributed by atoms with Crippen molar-refractivity contribution in [2.24, 2.45) is 0 Å². The second kappa shape index (κ2) is 9.10. The largest absolute Gasteiger partial charge is 0.438 e. The summed E-state index contributed by atoms with van der Waals surface area (Å²) in [7, 11) is 3.77. The molecule has 2 aromatic carbocycles. The molecule has 0 aliphatic carbocycles. The van der Waals surface area contributed by atoms with E-state index in [9.17, 15) is 9.18 Å². The van der Waals surface area contributed by atoms with E-state index < -0.39 is 0 Å². The number of aromatic nitrogens is 1. The van der Waals surface area contributed by atoms with Gasteiger partial charge in [0.15, 0.2) is 0 Å². The highest BCUT2D eigenvalue weighted by Crippen LogP contribution is 2.23. The van der Waals surface area contributed by atoms with Crippen molar-refractivity contribution in [3.8, 4) is 11.6 Å². The van der Waals surface area contributed by atoms with Crippen molar-refractivity contribution in [1.29, 1.82) is 0 Å². The minimum atomic E-state index is -0.304. The number of amides is 1. The minimum Gasteiger partial charge on any atom is -0.438 e. The second-order valence-corrected chi connectivity index (χ2v) is 6.52. The predicted molar refractivity (Wildman–Crippen MR) is 106 cm³/mol. The van der Waals surface area contributed by atoms with Gasteiger partial charge < -0.3 is 15.0 Å². The normalized spacial score (nSPS) is 11.9. The first-order chi connectivity index (χ1) is 13.5. The number of halogens is 1. The second-order valence-electron chi connectivity index (χ2n) is 6.52. The lowest BCUT2D eigenvalue weighted by Crippen LogP contribution is -2.34. The van der Waals surface area contributed by atoms with Gasteiger partial charge in [0.1, 0.15) is 17.1 Å². The highest BCUT2D eigenvalue weighted by molar-refractivity contribution is 5.96. The molecule has 0 bridgehead atoms. The summed E-state index contributed by atoms with van der Waals surface area (Å²) in [5, 5.41) is 2.90. The Morgan fingerprint density at radius 1 is 1.11 bits per heavy atom. The number of nitrogens with one attached hydrogen (secondary N) is 1. The maximum absolute atomic E-state index is 13.6. The van der Waals surface area contributed by atoms with Gasteiger partial charge in [-0.1, -0.05) is 30.3 Å². The number of pyridine rings is 1. The number of nitrogens with zero attached hydrogens (tertiary/aromatic N) is 2. The van der Waals surface area contributed by atoms with Crippen molar-refractivity contribution in [3.63, 3.8) is 0 Å². The van der Waals surface area contributed by atoms with Crippen LogP contribution in [0.2, 0.25) is 0 Å². The van der Waals surface area contributed by atoms with E-state index >= 15 is 0 Å². The fraction of sp³-hybridized carbons (Fsp3) is 0.182. The smallest absolute Gasteiger partial charge is 0.256 e. The number of likely N-dealkylation sites (N-methyl/N-ethyl adjacent to an activating group) is 1. The van der Waals surface area contributed by atoms with Gasteiger partial charge in [-0.2, -0.15) is 0 Å². The summed E-state index contributed by atoms with van der Waals surface area (Å²) < 4.78 is 19.3. The van der Waals surface area contributed by atoms with Crippen LogP contribution in [-0.4, -0.2) is 36.4 Å². The van der Waals surface area contributed by atoms with E-state index in [1.807, 2.05) is 43.3 Å². The van der Waals surface area contributed by atoms with E-state index in [1.54, 1.807) is 36.5 Å². The Bertz CT molecular complexity index is 932. The molecule has 144 valence electrons. The molecule has 0 saturated carbocycles. The van der Waals surface area contributed by atoms with E-state index in [2.05, 4.69) is 10.3 Å². The van der Waals surface area contributed by atoms with Gasteiger partial charge in [0.2, 0.25) is 5.88 Å². The molecule has 6 heteroatoms. The number of benzene rings is 2. The first kappa shape index (κ1) is 19.5. The zero-order chi connectivity index (χ0) is 19.9. The quantitative estimate of drug-likeness (QED) is 0.673. The molecule has 1 N–H and O–H groups in total. The van der Waals surface area contributed by atoms with Crippen molar-refractivity contribution >= 4 is 5.91 Å². The van der Waals surface area contributed by atoms with Crippen molar-refractivity contribution < 1.29 is 13.9 Å². The molecule has 28 heavy (non-hydrogen) atoms. The Balaban J connectivity index is 1.74. The number of carbonyl (C=O) groups is 1. The molecule has 1 amide bonds. The Labute approximate surface area is 163 Å². The van der Waals surface area contributed by atoms with Gasteiger partial charge in [0.05, 0.1) is 6.04 Å². The number of hydrogen-bond donors (Lipinski definition) is 1. The lowest BCUT2D eigenvalue weighted by molar-refractivity contribution is 0.0939. The number of para-hydroxylation sites is 1. The van der Waals surface area contributed by atoms with E-state index in [4.69, 9.17) is 4.74 Å². The Morgan fingerprint density at radius 2 is 1.89 bits per heavy atom. The molecule has 0 radical (unpaired) electrons. The summed E-state index contributed by atoms with van der Waals surface area (Å²) in [6, 6.07) is 18.7. The standard InChI is InChI=1S/C22H22FN3O2/c1-26(2)20(16-8-6-9-17(23)14-16)15-25-21(27)19-12-7-13-24-22(19)28-18-10-4-3-5-11-18/h3-14,20H,15H2,1-2H3,(H,25,27)/t20-/m1/s1. The van der Waals surface area contributed by atoms with Crippen LogP contribution in [0.3, 0.4) is 0 Å². The first-order valence-corrected chi connectivity index (χ1v) is 8.92. The summed E-state index contributed by atoms with van der Waals surface area (Å²) in [6.45, 7) is 0.314. The van der Waals surface area contributed by atoms with Crippen molar-refractivity contribution in [2.75, 3.05) is 20.6 Å². The summed E-state index contributed by atoms with van der Waals surface area (Å²) >= 11 is 0. The van der Waals surface area contributed by atoms with Crippen LogP contribution >= 0.6 is 0 Å². The van der Waals surface area contributed by atoms with E-state index in [1.165, 1.54) is 12.1 Å². The van der Waals surface area contributed by atoms with Crippen LogP contribution in [-0.2, 0) is 0 Å². The lowest BCUT2D eigenvalue weighted by Gasteiger charge is -2.25. The molecule has 0 saturated heterocycles. The number of rotatable bonds is 7. The minimum absolute atomic E-state index is 0.171. The number of carbonyl (C=O) groups excluding carboxylic acids is 1. The fourth-order valence-corrected chi connectivity index (χ4v) is 2.84. The Morgan fingerprint density at radius 3 is 2.61 bits per heavy atom. The average Bonchev–Trinajstić information content (AvgIpc) is 2.69. The zero-order valence-corrected chi connectivity index (χ0v) is 15.8. The van der Waals surface area contributed by atoms with Gasteiger partial charge in [-0.3, -0.25) is 4.79 Å². The third-order valence-electron chi connectivity index (χ3n) is 4.29. The molecule has 1 atom stereocenters. The Kier molecular flexibility index (Phi) is 6.34. The van der Waals surface area contributed by atoms with Gasteiger partial charge in [-0.25, -0.2) is 9.37 Å². The van der Waals surface area contributed by atoms with Crippen LogP contribution in [0.25, 0.3) is 0 Å². The van der Waals surface area contributed by atoms with Crippen LogP contribution < -0.4 is 10.1 Å². The van der Waals surface area contributed by atoms with Gasteiger partial charge in [0.25, 0.3) is 5.91 Å². The highest BCUT2D eigenvalue weighted by Gasteiger charge is 2.19. The predicted octanol–water partition coefficient (Wildman–Crippen LogP) is 4.05. The molecule has 3 aromatic rings. The molecule has 5 nitrogen and oxygen atoms in total. The first-order valence-electron chi connectivity index (χ1n) is 8.92. The van der Waals surface area contributed by atoms with Crippen LogP contribution in [0.5, 0.6) is 11.6 Å². The van der Waals surface area contributed by atoms with Crippen LogP contribution in [0.1, 0.15) is 22.0 Å². The molecule has 0 spiro atoms. The maximum atomic E-state index is 13.6. The van der Waals surface area contributed by atoms with Crippen molar-refractivity contribution in [1.82, 2.24) is 15.2 Å². The van der Waals surface area contributed by atoms with Crippen LogP contribution in [0, 0.1) is 5.82 Å². The molecule has 0 unspecified atom stereocenters. The summed E-state index contributed by atoms with van der Waals surface area (Å²) in [6.07, 6.45) is 1.57. The van der Waals surface area contributed by atoms with Gasteiger partial charge in [-0.05, 0) is 56.1 Å². The fourth-order valence-electron chi connectivity index (χ4n) is 2.84. The van der Waals surface area contributed by atoms with Crippen LogP contribution in [0.15, 0.2) is 72.9 Å².